The van der Waals surface area contributed by atoms with Crippen LogP contribution >= 0.6 is 23.2 Å². The van der Waals surface area contributed by atoms with Gasteiger partial charge in [0.1, 0.15) is 0 Å². The van der Waals surface area contributed by atoms with Crippen molar-refractivity contribution in [2.24, 2.45) is 5.92 Å². The molecule has 1 heterocycles. The fourth-order valence-corrected chi connectivity index (χ4v) is 2.98. The van der Waals surface area contributed by atoms with Crippen LogP contribution in [0.2, 0.25) is 10.0 Å². The van der Waals surface area contributed by atoms with Crippen LogP contribution in [0.25, 0.3) is 0 Å². The van der Waals surface area contributed by atoms with Crippen molar-refractivity contribution < 1.29 is 9.53 Å². The van der Waals surface area contributed by atoms with Crippen LogP contribution in [-0.2, 0) is 16.1 Å². The second-order valence-electron chi connectivity index (χ2n) is 4.80. The summed E-state index contributed by atoms with van der Waals surface area (Å²) in [6, 6.07) is 5.51. The quantitative estimate of drug-likeness (QED) is 0.802. The van der Waals surface area contributed by atoms with Crippen molar-refractivity contribution in [1.29, 1.82) is 0 Å². The lowest BCUT2D eigenvalue weighted by atomic mass is 9.98. The molecule has 1 atom stereocenters. The van der Waals surface area contributed by atoms with Crippen molar-refractivity contribution in [1.82, 2.24) is 4.90 Å². The van der Waals surface area contributed by atoms with Crippen LogP contribution < -0.4 is 0 Å². The van der Waals surface area contributed by atoms with E-state index >= 15 is 0 Å². The number of ether oxygens (including phenoxy) is 1. The lowest BCUT2D eigenvalue weighted by Gasteiger charge is -2.31. The number of esters is 1. The molecular formula is C14H17Cl2NO2. The van der Waals surface area contributed by atoms with Gasteiger partial charge in [-0.1, -0.05) is 29.3 Å². The first kappa shape index (κ1) is 14.6. The van der Waals surface area contributed by atoms with Gasteiger partial charge in [0, 0.05) is 28.7 Å². The Morgan fingerprint density at radius 3 is 2.74 bits per heavy atom. The normalized spacial score (nSPS) is 20.3. The van der Waals surface area contributed by atoms with Crippen molar-refractivity contribution in [2.45, 2.75) is 19.4 Å². The van der Waals surface area contributed by atoms with Gasteiger partial charge >= 0.3 is 5.97 Å². The third-order valence-electron chi connectivity index (χ3n) is 3.48. The van der Waals surface area contributed by atoms with Crippen LogP contribution in [0, 0.1) is 5.92 Å². The molecule has 1 aromatic carbocycles. The number of rotatable bonds is 3. The zero-order chi connectivity index (χ0) is 13.8. The maximum Gasteiger partial charge on any atom is 0.309 e. The second kappa shape index (κ2) is 6.60. The Hall–Kier alpha value is -0.770. The van der Waals surface area contributed by atoms with Gasteiger partial charge in [-0.15, -0.1) is 0 Å². The molecule has 1 aliphatic rings. The lowest BCUT2D eigenvalue weighted by Crippen LogP contribution is -2.38. The van der Waals surface area contributed by atoms with Gasteiger partial charge in [-0.3, -0.25) is 9.69 Å². The van der Waals surface area contributed by atoms with Gasteiger partial charge in [-0.05, 0) is 31.5 Å². The lowest BCUT2D eigenvalue weighted by molar-refractivity contribution is -0.147. The molecule has 1 saturated heterocycles. The number of halogens is 2. The average Bonchev–Trinajstić information content (AvgIpc) is 2.42. The summed E-state index contributed by atoms with van der Waals surface area (Å²) in [5.41, 5.74) is 0.927. The van der Waals surface area contributed by atoms with E-state index in [1.807, 2.05) is 18.2 Å². The minimum atomic E-state index is -0.130. The number of likely N-dealkylation sites (tertiary alicyclic amines) is 1. The van der Waals surface area contributed by atoms with Crippen molar-refractivity contribution >= 4 is 29.2 Å². The number of methoxy groups -OCH3 is 1. The third-order valence-corrected chi connectivity index (χ3v) is 4.19. The fourth-order valence-electron chi connectivity index (χ4n) is 2.47. The smallest absolute Gasteiger partial charge is 0.309 e. The van der Waals surface area contributed by atoms with Crippen LogP contribution in [0.3, 0.4) is 0 Å². The first-order valence-corrected chi connectivity index (χ1v) is 7.10. The molecule has 2 rings (SSSR count). The Morgan fingerprint density at radius 1 is 1.42 bits per heavy atom. The van der Waals surface area contributed by atoms with Crippen LogP contribution in [0.5, 0.6) is 0 Å². The Bertz CT molecular complexity index is 445. The third kappa shape index (κ3) is 3.62. The highest BCUT2D eigenvalue weighted by molar-refractivity contribution is 6.35. The van der Waals surface area contributed by atoms with Gasteiger partial charge in [-0.25, -0.2) is 0 Å². The molecule has 0 N–H and O–H groups in total. The average molecular weight is 302 g/mol. The molecule has 0 unspecified atom stereocenters. The summed E-state index contributed by atoms with van der Waals surface area (Å²) in [4.78, 5) is 13.8. The molecule has 0 spiro atoms. The first-order valence-electron chi connectivity index (χ1n) is 6.35. The highest BCUT2D eigenvalue weighted by Crippen LogP contribution is 2.27. The summed E-state index contributed by atoms with van der Waals surface area (Å²) in [6.07, 6.45) is 1.88. The van der Waals surface area contributed by atoms with E-state index in [9.17, 15) is 4.79 Å². The van der Waals surface area contributed by atoms with Gasteiger partial charge in [0.05, 0.1) is 13.0 Å². The Labute approximate surface area is 123 Å². The minimum absolute atomic E-state index is 0.0417. The van der Waals surface area contributed by atoms with E-state index < -0.39 is 0 Å². The predicted molar refractivity (Wildman–Crippen MR) is 76.5 cm³/mol. The molecular weight excluding hydrogens is 285 g/mol. The number of carbonyl (C=O) groups is 1. The summed E-state index contributed by atoms with van der Waals surface area (Å²) in [6.45, 7) is 2.33. The van der Waals surface area contributed by atoms with Crippen molar-refractivity contribution in [3.05, 3.63) is 33.8 Å². The van der Waals surface area contributed by atoms with E-state index in [0.717, 1.165) is 24.9 Å². The molecule has 0 bridgehead atoms. The van der Waals surface area contributed by atoms with E-state index in [4.69, 9.17) is 27.9 Å². The van der Waals surface area contributed by atoms with Crippen LogP contribution in [0.4, 0.5) is 0 Å². The number of benzene rings is 1. The molecule has 1 aliphatic heterocycles. The molecule has 19 heavy (non-hydrogen) atoms. The van der Waals surface area contributed by atoms with Crippen molar-refractivity contribution in [2.75, 3.05) is 20.2 Å². The highest BCUT2D eigenvalue weighted by atomic mass is 35.5. The second-order valence-corrected chi connectivity index (χ2v) is 5.61. The number of nitrogens with zero attached hydrogens (tertiary/aromatic N) is 1. The van der Waals surface area contributed by atoms with Gasteiger partial charge in [0.25, 0.3) is 0 Å². The molecule has 0 saturated carbocycles. The molecule has 0 amide bonds. The van der Waals surface area contributed by atoms with Gasteiger partial charge < -0.3 is 4.74 Å². The molecule has 5 heteroatoms. The summed E-state index contributed by atoms with van der Waals surface area (Å²) in [7, 11) is 1.44. The Morgan fingerprint density at radius 2 is 2.11 bits per heavy atom. The zero-order valence-electron chi connectivity index (χ0n) is 10.9. The van der Waals surface area contributed by atoms with Crippen LogP contribution in [0.1, 0.15) is 18.4 Å². The number of carbonyl (C=O) groups excluding carboxylic acids is 1. The summed E-state index contributed by atoms with van der Waals surface area (Å²) in [5, 5.41) is 1.35. The van der Waals surface area contributed by atoms with Gasteiger partial charge in [0.2, 0.25) is 0 Å². The van der Waals surface area contributed by atoms with Gasteiger partial charge in [-0.2, -0.15) is 0 Å². The standard InChI is InChI=1S/C14H17Cl2NO2/c1-19-14(18)10-4-3-7-17(8-10)9-11-12(15)5-2-6-13(11)16/h2,5-6,10H,3-4,7-9H2,1H3/t10-/m0/s1. The first-order chi connectivity index (χ1) is 9.11. The van der Waals surface area contributed by atoms with Crippen LogP contribution in [0.15, 0.2) is 18.2 Å². The van der Waals surface area contributed by atoms with E-state index in [0.29, 0.717) is 23.1 Å². The molecule has 0 radical (unpaired) electrons. The molecule has 0 aliphatic carbocycles. The maximum atomic E-state index is 11.6. The highest BCUT2D eigenvalue weighted by Gasteiger charge is 2.26. The monoisotopic (exact) mass is 301 g/mol. The number of hydrogen-bond donors (Lipinski definition) is 0. The number of hydrogen-bond acceptors (Lipinski definition) is 3. The molecule has 1 fully saturated rings. The SMILES string of the molecule is COC(=O)[C@H]1CCCN(Cc2c(Cl)cccc2Cl)C1. The summed E-state index contributed by atoms with van der Waals surface area (Å²) < 4.78 is 4.82. The van der Waals surface area contributed by atoms with Crippen molar-refractivity contribution in [3.8, 4) is 0 Å². The zero-order valence-corrected chi connectivity index (χ0v) is 12.4. The van der Waals surface area contributed by atoms with E-state index in [2.05, 4.69) is 4.90 Å². The topological polar surface area (TPSA) is 29.5 Å². The van der Waals surface area contributed by atoms with Gasteiger partial charge in [0.15, 0.2) is 0 Å². The predicted octanol–water partition coefficient (Wildman–Crippen LogP) is 3.38. The maximum absolute atomic E-state index is 11.6. The van der Waals surface area contributed by atoms with E-state index in [1.54, 1.807) is 0 Å². The summed E-state index contributed by atoms with van der Waals surface area (Å²) >= 11 is 12.3. The molecule has 104 valence electrons. The fraction of sp³-hybridized carbons (Fsp3) is 0.500. The van der Waals surface area contributed by atoms with Crippen LogP contribution in [-0.4, -0.2) is 31.1 Å². The van der Waals surface area contributed by atoms with Crippen molar-refractivity contribution in [3.63, 3.8) is 0 Å². The summed E-state index contributed by atoms with van der Waals surface area (Å²) in [5.74, 6) is -0.171. The minimum Gasteiger partial charge on any atom is -0.469 e. The Kier molecular flexibility index (Phi) is 5.08. The molecule has 3 nitrogen and oxygen atoms in total. The largest absolute Gasteiger partial charge is 0.469 e. The molecule has 1 aromatic rings. The van der Waals surface area contributed by atoms with E-state index in [-0.39, 0.29) is 11.9 Å². The number of piperidine rings is 1. The Balaban J connectivity index is 2.05. The molecule has 0 aromatic heterocycles. The van der Waals surface area contributed by atoms with E-state index in [1.165, 1.54) is 7.11 Å².